The molecule has 3 N–H and O–H groups in total. The van der Waals surface area contributed by atoms with Gasteiger partial charge in [-0.1, -0.05) is 32.1 Å². The minimum atomic E-state index is -3.59. The van der Waals surface area contributed by atoms with E-state index in [1.807, 2.05) is 0 Å². The maximum atomic E-state index is 12.5. The van der Waals surface area contributed by atoms with Crippen LogP contribution in [0.2, 0.25) is 0 Å². The predicted molar refractivity (Wildman–Crippen MR) is 105 cm³/mol. The first-order chi connectivity index (χ1) is 13.4. The van der Waals surface area contributed by atoms with E-state index in [9.17, 15) is 23.1 Å². The fourth-order valence-electron chi connectivity index (χ4n) is 4.20. The Morgan fingerprint density at radius 2 is 1.43 bits per heavy atom. The summed E-state index contributed by atoms with van der Waals surface area (Å²) in [6, 6.07) is 6.02. The molecule has 28 heavy (non-hydrogen) atoms. The summed E-state index contributed by atoms with van der Waals surface area (Å²) in [7, 11) is -3.59. The molecule has 7 nitrogen and oxygen atoms in total. The van der Waals surface area contributed by atoms with Crippen molar-refractivity contribution in [2.75, 3.05) is 5.32 Å². The van der Waals surface area contributed by atoms with E-state index >= 15 is 0 Å². The van der Waals surface area contributed by atoms with E-state index in [1.54, 1.807) is 12.1 Å². The lowest BCUT2D eigenvalue weighted by Gasteiger charge is -2.27. The zero-order valence-electron chi connectivity index (χ0n) is 15.9. The van der Waals surface area contributed by atoms with Gasteiger partial charge in [0.1, 0.15) is 0 Å². The van der Waals surface area contributed by atoms with Gasteiger partial charge in [-0.3, -0.25) is 9.59 Å². The number of carbonyl (C=O) groups is 2. The molecule has 0 heterocycles. The lowest BCUT2D eigenvalue weighted by Crippen LogP contribution is -2.36. The summed E-state index contributed by atoms with van der Waals surface area (Å²) in [6.07, 6.45) is 7.67. The van der Waals surface area contributed by atoms with Crippen LogP contribution in [0.15, 0.2) is 29.2 Å². The van der Waals surface area contributed by atoms with Gasteiger partial charge in [0, 0.05) is 11.7 Å². The number of carboxylic acid groups (broad SMARTS) is 1. The number of aliphatic carboxylic acids is 1. The van der Waals surface area contributed by atoms with Crippen molar-refractivity contribution in [3.05, 3.63) is 24.3 Å². The second-order valence-electron chi connectivity index (χ2n) is 7.81. The third-order valence-corrected chi connectivity index (χ3v) is 7.32. The Balaban J connectivity index is 1.63. The monoisotopic (exact) mass is 408 g/mol. The molecule has 0 saturated heterocycles. The number of anilines is 1. The lowest BCUT2D eigenvalue weighted by atomic mass is 9.78. The molecule has 0 aromatic heterocycles. The molecular weight excluding hydrogens is 380 g/mol. The number of carboxylic acids is 1. The summed E-state index contributed by atoms with van der Waals surface area (Å²) < 4.78 is 27.8. The molecule has 154 valence electrons. The second-order valence-corrected chi connectivity index (χ2v) is 9.52. The van der Waals surface area contributed by atoms with Crippen LogP contribution in [0.1, 0.15) is 57.8 Å². The van der Waals surface area contributed by atoms with Crippen molar-refractivity contribution in [3.8, 4) is 0 Å². The highest BCUT2D eigenvalue weighted by Gasteiger charge is 2.35. The number of hydrogen-bond acceptors (Lipinski definition) is 4. The van der Waals surface area contributed by atoms with Crippen molar-refractivity contribution in [2.45, 2.75) is 68.7 Å². The number of amides is 1. The maximum Gasteiger partial charge on any atom is 0.307 e. The van der Waals surface area contributed by atoms with E-state index in [0.717, 1.165) is 44.9 Å². The molecule has 0 radical (unpaired) electrons. The van der Waals surface area contributed by atoms with Crippen LogP contribution in [0.4, 0.5) is 5.69 Å². The van der Waals surface area contributed by atoms with Gasteiger partial charge in [-0.05, 0) is 49.9 Å². The van der Waals surface area contributed by atoms with E-state index in [-0.39, 0.29) is 16.8 Å². The van der Waals surface area contributed by atoms with Crippen LogP contribution in [0.5, 0.6) is 0 Å². The van der Waals surface area contributed by atoms with E-state index in [2.05, 4.69) is 10.0 Å². The smallest absolute Gasteiger partial charge is 0.307 e. The molecule has 2 fully saturated rings. The van der Waals surface area contributed by atoms with E-state index in [4.69, 9.17) is 0 Å². The van der Waals surface area contributed by atoms with Gasteiger partial charge < -0.3 is 10.4 Å². The average molecular weight is 409 g/mol. The summed E-state index contributed by atoms with van der Waals surface area (Å²) in [5.41, 5.74) is 0.469. The molecule has 0 spiro atoms. The Hall–Kier alpha value is -1.93. The summed E-state index contributed by atoms with van der Waals surface area (Å²) in [4.78, 5) is 24.1. The first-order valence-corrected chi connectivity index (χ1v) is 11.5. The highest BCUT2D eigenvalue weighted by atomic mass is 32.2. The van der Waals surface area contributed by atoms with Gasteiger partial charge in [0.05, 0.1) is 16.7 Å². The van der Waals surface area contributed by atoms with Crippen LogP contribution in [-0.2, 0) is 19.6 Å². The van der Waals surface area contributed by atoms with Crippen molar-refractivity contribution in [3.63, 3.8) is 0 Å². The minimum absolute atomic E-state index is 0.0163. The fourth-order valence-corrected chi connectivity index (χ4v) is 5.51. The largest absolute Gasteiger partial charge is 0.481 e. The number of benzene rings is 1. The van der Waals surface area contributed by atoms with Crippen LogP contribution in [-0.4, -0.2) is 31.4 Å². The van der Waals surface area contributed by atoms with Crippen molar-refractivity contribution in [2.24, 2.45) is 11.8 Å². The van der Waals surface area contributed by atoms with E-state index < -0.39 is 27.8 Å². The topological polar surface area (TPSA) is 113 Å². The predicted octanol–water partition coefficient (Wildman–Crippen LogP) is 3.13. The van der Waals surface area contributed by atoms with Gasteiger partial charge in [0.25, 0.3) is 0 Å². The van der Waals surface area contributed by atoms with Crippen molar-refractivity contribution in [1.29, 1.82) is 0 Å². The molecule has 1 aromatic rings. The normalized spacial score (nSPS) is 23.9. The Morgan fingerprint density at radius 3 is 2.04 bits per heavy atom. The van der Waals surface area contributed by atoms with Gasteiger partial charge in [-0.2, -0.15) is 0 Å². The van der Waals surface area contributed by atoms with Crippen molar-refractivity contribution in [1.82, 2.24) is 4.72 Å². The standard InChI is InChI=1S/C20H28N2O5S/c23-19(17-8-4-5-9-18(17)20(24)25)21-14-10-12-16(13-11-14)28(26,27)22-15-6-2-1-3-7-15/h10-13,15,17-18,22H,1-9H2,(H,21,23)(H,24,25)/t17-,18-/m1/s1. The molecule has 0 aliphatic heterocycles. The summed E-state index contributed by atoms with van der Waals surface area (Å²) in [5, 5.41) is 12.1. The van der Waals surface area contributed by atoms with Crippen molar-refractivity contribution >= 4 is 27.6 Å². The molecular formula is C20H28N2O5S. The Kier molecular flexibility index (Phi) is 6.72. The SMILES string of the molecule is O=C(O)[C@@H]1CCCC[C@H]1C(=O)Nc1ccc(S(=O)(=O)NC2CCCCC2)cc1. The highest BCUT2D eigenvalue weighted by molar-refractivity contribution is 7.89. The van der Waals surface area contributed by atoms with Gasteiger partial charge in [0.15, 0.2) is 0 Å². The fraction of sp³-hybridized carbons (Fsp3) is 0.600. The molecule has 0 bridgehead atoms. The molecule has 3 rings (SSSR count). The zero-order chi connectivity index (χ0) is 20.1. The summed E-state index contributed by atoms with van der Waals surface area (Å²) >= 11 is 0. The van der Waals surface area contributed by atoms with Gasteiger partial charge in [-0.25, -0.2) is 13.1 Å². The van der Waals surface area contributed by atoms with E-state index in [0.29, 0.717) is 18.5 Å². The highest BCUT2D eigenvalue weighted by Crippen LogP contribution is 2.31. The summed E-state index contributed by atoms with van der Waals surface area (Å²) in [5.74, 6) is -2.46. The molecule has 2 aliphatic carbocycles. The first kappa shape index (κ1) is 20.8. The molecule has 8 heteroatoms. The number of sulfonamides is 1. The number of hydrogen-bond donors (Lipinski definition) is 3. The van der Waals surface area contributed by atoms with Crippen LogP contribution >= 0.6 is 0 Å². The quantitative estimate of drug-likeness (QED) is 0.669. The molecule has 2 aliphatic rings. The number of nitrogens with one attached hydrogen (secondary N) is 2. The average Bonchev–Trinajstić information content (AvgIpc) is 2.69. The summed E-state index contributed by atoms with van der Waals surface area (Å²) in [6.45, 7) is 0. The lowest BCUT2D eigenvalue weighted by molar-refractivity contribution is -0.147. The van der Waals surface area contributed by atoms with Crippen LogP contribution in [0.25, 0.3) is 0 Å². The number of rotatable bonds is 6. The van der Waals surface area contributed by atoms with Crippen LogP contribution in [0, 0.1) is 11.8 Å². The van der Waals surface area contributed by atoms with Crippen molar-refractivity contribution < 1.29 is 23.1 Å². The Labute approximate surface area is 166 Å². The van der Waals surface area contributed by atoms with Gasteiger partial charge >= 0.3 is 5.97 Å². The Morgan fingerprint density at radius 1 is 0.857 bits per heavy atom. The Bertz CT molecular complexity index is 800. The molecule has 2 atom stereocenters. The van der Waals surface area contributed by atoms with Crippen LogP contribution in [0.3, 0.4) is 0 Å². The molecule has 1 aromatic carbocycles. The second kappa shape index (κ2) is 9.05. The van der Waals surface area contributed by atoms with Gasteiger partial charge in [-0.15, -0.1) is 0 Å². The third kappa shape index (κ3) is 5.11. The maximum absolute atomic E-state index is 12.5. The van der Waals surface area contributed by atoms with E-state index in [1.165, 1.54) is 12.1 Å². The first-order valence-electron chi connectivity index (χ1n) is 10.0. The van der Waals surface area contributed by atoms with Crippen LogP contribution < -0.4 is 10.0 Å². The molecule has 2 saturated carbocycles. The molecule has 1 amide bonds. The molecule has 0 unspecified atom stereocenters. The third-order valence-electron chi connectivity index (χ3n) is 5.78. The van der Waals surface area contributed by atoms with Gasteiger partial charge in [0.2, 0.25) is 15.9 Å². The zero-order valence-corrected chi connectivity index (χ0v) is 16.7. The number of carbonyl (C=O) groups excluding carboxylic acids is 1. The minimum Gasteiger partial charge on any atom is -0.481 e.